The first-order valence-corrected chi connectivity index (χ1v) is 8.64. The SMILES string of the molecule is CC[C@@]12C=N[C@H]3CC1[C@H]1C(=O)O[C@@H]2C[C@]12C3=Nc1ccccc12. The van der Waals surface area contributed by atoms with Crippen LogP contribution in [0.3, 0.4) is 0 Å². The maximum absolute atomic E-state index is 12.8. The van der Waals surface area contributed by atoms with Crippen molar-refractivity contribution in [2.75, 3.05) is 0 Å². The maximum atomic E-state index is 12.8. The first-order valence-electron chi connectivity index (χ1n) is 8.64. The zero-order valence-corrected chi connectivity index (χ0v) is 13.0. The van der Waals surface area contributed by atoms with Gasteiger partial charge in [0.2, 0.25) is 0 Å². The Morgan fingerprint density at radius 1 is 1.35 bits per heavy atom. The van der Waals surface area contributed by atoms with Crippen molar-refractivity contribution < 1.29 is 9.53 Å². The standard InChI is InChI=1S/C19H18N2O2/c1-2-18-9-20-13-7-11(18)15-17(22)23-14(18)8-19(15)10-5-3-4-6-12(10)21-16(13)19/h3-6,9,11,13-15H,2,7-8H2,1H3/t11?,13-,14+,15-,18+,19+/m0/s1. The van der Waals surface area contributed by atoms with E-state index in [-0.39, 0.29) is 34.9 Å². The van der Waals surface area contributed by atoms with Crippen molar-refractivity contribution in [3.05, 3.63) is 29.8 Å². The molecule has 4 heteroatoms. The molecular weight excluding hydrogens is 288 g/mol. The van der Waals surface area contributed by atoms with Gasteiger partial charge in [0.1, 0.15) is 6.10 Å². The summed E-state index contributed by atoms with van der Waals surface area (Å²) < 4.78 is 5.88. The van der Waals surface area contributed by atoms with Crippen molar-refractivity contribution in [3.8, 4) is 0 Å². The van der Waals surface area contributed by atoms with Crippen molar-refractivity contribution in [1.29, 1.82) is 0 Å². The molecule has 4 nitrogen and oxygen atoms in total. The van der Waals surface area contributed by atoms with Gasteiger partial charge in [-0.15, -0.1) is 0 Å². The first-order chi connectivity index (χ1) is 11.2. The third-order valence-corrected chi connectivity index (χ3v) is 7.23. The molecule has 1 unspecified atom stereocenters. The zero-order chi connectivity index (χ0) is 15.4. The minimum atomic E-state index is -0.249. The zero-order valence-electron chi connectivity index (χ0n) is 13.0. The highest BCUT2D eigenvalue weighted by molar-refractivity contribution is 6.11. The number of esters is 1. The van der Waals surface area contributed by atoms with Gasteiger partial charge in [0.05, 0.1) is 28.8 Å². The molecule has 1 spiro atoms. The quantitative estimate of drug-likeness (QED) is 0.749. The van der Waals surface area contributed by atoms with Gasteiger partial charge in [-0.3, -0.25) is 14.8 Å². The Labute approximate surface area is 134 Å². The van der Waals surface area contributed by atoms with E-state index < -0.39 is 0 Å². The number of fused-ring (bicyclic) bond motifs is 4. The van der Waals surface area contributed by atoms with Gasteiger partial charge in [0.15, 0.2) is 0 Å². The summed E-state index contributed by atoms with van der Waals surface area (Å²) in [5, 5.41) is 0. The molecular formula is C19H18N2O2. The van der Waals surface area contributed by atoms with E-state index >= 15 is 0 Å². The summed E-state index contributed by atoms with van der Waals surface area (Å²) in [5.74, 6) is 0.256. The average Bonchev–Trinajstić information content (AvgIpc) is 2.89. The molecule has 23 heavy (non-hydrogen) atoms. The van der Waals surface area contributed by atoms with Crippen LogP contribution < -0.4 is 0 Å². The fourth-order valence-electron chi connectivity index (χ4n) is 6.29. The van der Waals surface area contributed by atoms with Crippen LogP contribution in [-0.4, -0.2) is 30.0 Å². The second-order valence-electron chi connectivity index (χ2n) is 7.69. The molecule has 2 saturated carbocycles. The Balaban J connectivity index is 1.70. The lowest BCUT2D eigenvalue weighted by atomic mass is 9.41. The molecule has 4 heterocycles. The van der Waals surface area contributed by atoms with Crippen molar-refractivity contribution in [1.82, 2.24) is 0 Å². The fraction of sp³-hybridized carbons (Fsp3) is 0.526. The van der Waals surface area contributed by atoms with Crippen LogP contribution in [0.1, 0.15) is 31.7 Å². The van der Waals surface area contributed by atoms with Crippen LogP contribution in [0.25, 0.3) is 0 Å². The number of hydrogen-bond donors (Lipinski definition) is 0. The number of aliphatic imine (C=N–C) groups is 2. The maximum Gasteiger partial charge on any atom is 0.310 e. The molecule has 1 aromatic carbocycles. The van der Waals surface area contributed by atoms with Gasteiger partial charge in [-0.1, -0.05) is 25.1 Å². The number of nitrogens with zero attached hydrogens (tertiary/aromatic N) is 2. The van der Waals surface area contributed by atoms with Crippen LogP contribution >= 0.6 is 0 Å². The molecule has 2 saturated heterocycles. The number of ether oxygens (including phenoxy) is 1. The number of rotatable bonds is 1. The second kappa shape index (κ2) is 3.58. The van der Waals surface area contributed by atoms with Crippen molar-refractivity contribution >= 4 is 23.6 Å². The van der Waals surface area contributed by atoms with Gasteiger partial charge in [0, 0.05) is 18.1 Å². The van der Waals surface area contributed by atoms with Crippen LogP contribution in [-0.2, 0) is 14.9 Å². The second-order valence-corrected chi connectivity index (χ2v) is 7.69. The number of hydrogen-bond acceptors (Lipinski definition) is 4. The van der Waals surface area contributed by atoms with E-state index in [4.69, 9.17) is 14.7 Å². The van der Waals surface area contributed by atoms with Crippen molar-refractivity contribution in [2.45, 2.75) is 43.7 Å². The van der Waals surface area contributed by atoms with Crippen LogP contribution in [0.4, 0.5) is 5.69 Å². The Kier molecular flexibility index (Phi) is 1.94. The molecule has 0 amide bonds. The molecule has 5 bridgehead atoms. The van der Waals surface area contributed by atoms with E-state index in [0.717, 1.165) is 30.7 Å². The molecule has 6 atom stereocenters. The molecule has 0 aromatic heterocycles. The summed E-state index contributed by atoms with van der Waals surface area (Å²) >= 11 is 0. The molecule has 116 valence electrons. The first kappa shape index (κ1) is 12.5. The van der Waals surface area contributed by atoms with Crippen molar-refractivity contribution in [3.63, 3.8) is 0 Å². The van der Waals surface area contributed by atoms with E-state index in [1.165, 1.54) is 5.56 Å². The summed E-state index contributed by atoms with van der Waals surface area (Å²) in [5.41, 5.74) is 3.09. The summed E-state index contributed by atoms with van der Waals surface area (Å²) in [4.78, 5) is 22.7. The monoisotopic (exact) mass is 306 g/mol. The van der Waals surface area contributed by atoms with Gasteiger partial charge >= 0.3 is 5.97 Å². The summed E-state index contributed by atoms with van der Waals surface area (Å²) in [6.07, 6.45) is 4.90. The van der Waals surface area contributed by atoms with Crippen LogP contribution in [0, 0.1) is 17.3 Å². The highest BCUT2D eigenvalue weighted by Crippen LogP contribution is 2.68. The minimum Gasteiger partial charge on any atom is -0.461 e. The Hall–Kier alpha value is -1.97. The lowest BCUT2D eigenvalue weighted by molar-refractivity contribution is -0.206. The number of benzene rings is 1. The normalized spacial score (nSPS) is 47.2. The van der Waals surface area contributed by atoms with Crippen LogP contribution in [0.5, 0.6) is 0 Å². The third-order valence-electron chi connectivity index (χ3n) is 7.23. The van der Waals surface area contributed by atoms with Gasteiger partial charge in [-0.05, 0) is 30.4 Å². The Bertz CT molecular complexity index is 828. The molecule has 6 aliphatic rings. The number of carbonyl (C=O) groups excluding carboxylic acids is 1. The third kappa shape index (κ3) is 1.10. The van der Waals surface area contributed by atoms with Gasteiger partial charge < -0.3 is 4.74 Å². The topological polar surface area (TPSA) is 51.0 Å². The van der Waals surface area contributed by atoms with E-state index in [9.17, 15) is 4.79 Å². The highest BCUT2D eigenvalue weighted by atomic mass is 16.5. The fourth-order valence-corrected chi connectivity index (χ4v) is 6.29. The summed E-state index contributed by atoms with van der Waals surface area (Å²) in [7, 11) is 0. The predicted molar refractivity (Wildman–Crippen MR) is 86.3 cm³/mol. The number of carbonyl (C=O) groups is 1. The van der Waals surface area contributed by atoms with E-state index in [1.807, 2.05) is 6.07 Å². The van der Waals surface area contributed by atoms with Crippen molar-refractivity contribution in [2.24, 2.45) is 27.2 Å². The molecule has 7 rings (SSSR count). The molecule has 0 N–H and O–H groups in total. The van der Waals surface area contributed by atoms with Gasteiger partial charge in [-0.25, -0.2) is 0 Å². The molecule has 0 radical (unpaired) electrons. The summed E-state index contributed by atoms with van der Waals surface area (Å²) in [6, 6.07) is 8.49. The highest BCUT2D eigenvalue weighted by Gasteiger charge is 2.74. The van der Waals surface area contributed by atoms with E-state index in [1.54, 1.807) is 0 Å². The van der Waals surface area contributed by atoms with Crippen LogP contribution in [0.2, 0.25) is 0 Å². The molecule has 1 aromatic rings. The molecule has 4 aliphatic heterocycles. The van der Waals surface area contributed by atoms with Gasteiger partial charge in [-0.2, -0.15) is 0 Å². The average molecular weight is 306 g/mol. The van der Waals surface area contributed by atoms with Gasteiger partial charge in [0.25, 0.3) is 0 Å². The lowest BCUT2D eigenvalue weighted by Gasteiger charge is -2.65. The lowest BCUT2D eigenvalue weighted by Crippen LogP contribution is -2.74. The largest absolute Gasteiger partial charge is 0.461 e. The van der Waals surface area contributed by atoms with E-state index in [2.05, 4.69) is 31.3 Å². The molecule has 4 fully saturated rings. The molecule has 2 aliphatic carbocycles. The smallest absolute Gasteiger partial charge is 0.310 e. The van der Waals surface area contributed by atoms with E-state index in [0.29, 0.717) is 5.92 Å². The van der Waals surface area contributed by atoms with Crippen LogP contribution in [0.15, 0.2) is 34.3 Å². The Morgan fingerprint density at radius 2 is 2.22 bits per heavy atom. The predicted octanol–water partition coefficient (Wildman–Crippen LogP) is 2.83. The minimum absolute atomic E-state index is 0.00604. The summed E-state index contributed by atoms with van der Waals surface area (Å²) in [6.45, 7) is 2.21. The number of para-hydroxylation sites is 1. The Morgan fingerprint density at radius 3 is 3.09 bits per heavy atom.